The molecule has 3 N–H and O–H groups in total. The second-order valence-electron chi connectivity index (χ2n) is 10.1. The maximum atomic E-state index is 9.62. The van der Waals surface area contributed by atoms with E-state index in [4.69, 9.17) is 9.97 Å². The van der Waals surface area contributed by atoms with Gasteiger partial charge in [0.05, 0.1) is 15.8 Å². The largest absolute Gasteiger partial charge is 0.396 e. The Morgan fingerprint density at radius 2 is 1.89 bits per heavy atom. The van der Waals surface area contributed by atoms with Crippen molar-refractivity contribution in [1.82, 2.24) is 19.9 Å². The summed E-state index contributed by atoms with van der Waals surface area (Å²) < 4.78 is 1.15. The van der Waals surface area contributed by atoms with Crippen molar-refractivity contribution in [3.8, 4) is 10.6 Å². The number of para-hydroxylation sites is 1. The van der Waals surface area contributed by atoms with Gasteiger partial charge in [-0.2, -0.15) is 4.98 Å². The summed E-state index contributed by atoms with van der Waals surface area (Å²) in [4.78, 5) is 19.3. The Hall–Kier alpha value is -3.27. The van der Waals surface area contributed by atoms with Crippen LogP contribution in [0.2, 0.25) is 0 Å². The fourth-order valence-corrected chi connectivity index (χ4v) is 6.21. The summed E-state index contributed by atoms with van der Waals surface area (Å²) in [6.45, 7) is 4.43. The molecule has 1 aliphatic carbocycles. The van der Waals surface area contributed by atoms with Crippen molar-refractivity contribution in [2.24, 2.45) is 5.92 Å². The van der Waals surface area contributed by atoms with E-state index in [9.17, 15) is 5.11 Å². The molecule has 0 amide bonds. The van der Waals surface area contributed by atoms with E-state index in [0.29, 0.717) is 11.9 Å². The van der Waals surface area contributed by atoms with E-state index in [0.717, 1.165) is 77.7 Å². The summed E-state index contributed by atoms with van der Waals surface area (Å²) >= 11 is 1.65. The highest BCUT2D eigenvalue weighted by Gasteiger charge is 2.26. The third-order valence-electron chi connectivity index (χ3n) is 7.42. The number of aliphatic hydroxyl groups is 1. The predicted molar refractivity (Wildman–Crippen MR) is 152 cm³/mol. The van der Waals surface area contributed by atoms with Crippen LogP contribution in [-0.4, -0.2) is 70.8 Å². The minimum absolute atomic E-state index is 0.239. The average Bonchev–Trinajstić information content (AvgIpc) is 3.56. The first kappa shape index (κ1) is 24.1. The summed E-state index contributed by atoms with van der Waals surface area (Å²) in [5.41, 5.74) is 4.07. The molecular formula is C28H33N7OS. The molecule has 1 saturated carbocycles. The van der Waals surface area contributed by atoms with Gasteiger partial charge in [0.25, 0.3) is 0 Å². The summed E-state index contributed by atoms with van der Waals surface area (Å²) in [6, 6.07) is 16.9. The number of fused-ring (bicyclic) bond motifs is 1. The molecule has 192 valence electrons. The molecule has 0 bridgehead atoms. The lowest BCUT2D eigenvalue weighted by molar-refractivity contribution is 0.229. The first-order valence-corrected chi connectivity index (χ1v) is 13.9. The normalized spacial score (nSPS) is 20.4. The van der Waals surface area contributed by atoms with Gasteiger partial charge in [0, 0.05) is 56.4 Å². The molecule has 2 unspecified atom stereocenters. The van der Waals surface area contributed by atoms with Gasteiger partial charge in [-0.05, 0) is 62.6 Å². The smallest absolute Gasteiger partial charge is 0.229 e. The molecule has 6 rings (SSSR count). The first-order chi connectivity index (χ1) is 18.1. The lowest BCUT2D eigenvalue weighted by atomic mass is 10.1. The van der Waals surface area contributed by atoms with Gasteiger partial charge < -0.3 is 25.5 Å². The summed E-state index contributed by atoms with van der Waals surface area (Å²) in [7, 11) is 2.17. The highest BCUT2D eigenvalue weighted by atomic mass is 32.1. The lowest BCUT2D eigenvalue weighted by Gasteiger charge is -2.34. The van der Waals surface area contributed by atoms with Crippen molar-refractivity contribution in [3.05, 3.63) is 54.7 Å². The molecule has 0 radical (unpaired) electrons. The van der Waals surface area contributed by atoms with Crippen LogP contribution in [0.15, 0.2) is 54.7 Å². The Balaban J connectivity index is 1.28. The molecule has 4 aromatic rings. The second kappa shape index (κ2) is 10.6. The number of hydrogen-bond donors (Lipinski definition) is 3. The molecule has 0 spiro atoms. The van der Waals surface area contributed by atoms with Crippen LogP contribution in [0.4, 0.5) is 23.1 Å². The first-order valence-electron chi connectivity index (χ1n) is 13.1. The Morgan fingerprint density at radius 1 is 1.03 bits per heavy atom. The van der Waals surface area contributed by atoms with E-state index in [1.807, 2.05) is 24.4 Å². The summed E-state index contributed by atoms with van der Waals surface area (Å²) in [5, 5.41) is 17.6. The van der Waals surface area contributed by atoms with Gasteiger partial charge in [0.1, 0.15) is 10.8 Å². The van der Waals surface area contributed by atoms with E-state index in [-0.39, 0.29) is 12.6 Å². The molecular weight excluding hydrogens is 482 g/mol. The van der Waals surface area contributed by atoms with E-state index >= 15 is 0 Å². The average molecular weight is 516 g/mol. The fraction of sp³-hybridized carbons (Fsp3) is 0.393. The van der Waals surface area contributed by atoms with Crippen LogP contribution in [0.5, 0.6) is 0 Å². The number of nitrogens with one attached hydrogen (secondary N) is 2. The maximum absolute atomic E-state index is 9.62. The quantitative estimate of drug-likeness (QED) is 0.323. The summed E-state index contributed by atoms with van der Waals surface area (Å²) in [5.74, 6) is 1.69. The van der Waals surface area contributed by atoms with Crippen molar-refractivity contribution < 1.29 is 5.11 Å². The summed E-state index contributed by atoms with van der Waals surface area (Å²) in [6.07, 6.45) is 4.86. The van der Waals surface area contributed by atoms with Gasteiger partial charge >= 0.3 is 0 Å². The minimum Gasteiger partial charge on any atom is -0.396 e. The van der Waals surface area contributed by atoms with Crippen LogP contribution in [0.3, 0.4) is 0 Å². The minimum atomic E-state index is 0.239. The van der Waals surface area contributed by atoms with E-state index in [1.165, 1.54) is 5.69 Å². The Labute approximate surface area is 221 Å². The van der Waals surface area contributed by atoms with Crippen LogP contribution < -0.4 is 15.5 Å². The van der Waals surface area contributed by atoms with Gasteiger partial charge in [-0.15, -0.1) is 11.3 Å². The zero-order valence-corrected chi connectivity index (χ0v) is 21.9. The third kappa shape index (κ3) is 5.39. The number of likely N-dealkylation sites (N-methyl/N-ethyl adjacent to an activating group) is 1. The molecule has 2 aromatic heterocycles. The maximum Gasteiger partial charge on any atom is 0.229 e. The Bertz CT molecular complexity index is 1330. The zero-order chi connectivity index (χ0) is 25.2. The van der Waals surface area contributed by atoms with Crippen LogP contribution in [0.1, 0.15) is 19.3 Å². The number of anilines is 4. The highest BCUT2D eigenvalue weighted by Crippen LogP contribution is 2.36. The molecule has 1 saturated heterocycles. The number of thiazole rings is 1. The molecule has 37 heavy (non-hydrogen) atoms. The van der Waals surface area contributed by atoms with E-state index < -0.39 is 0 Å². The fourth-order valence-electron chi connectivity index (χ4n) is 5.24. The monoisotopic (exact) mass is 515 g/mol. The van der Waals surface area contributed by atoms with Gasteiger partial charge in [-0.25, -0.2) is 9.97 Å². The number of rotatable bonds is 7. The van der Waals surface area contributed by atoms with E-state index in [2.05, 4.69) is 62.8 Å². The van der Waals surface area contributed by atoms with Gasteiger partial charge in [-0.3, -0.25) is 0 Å². The number of hydrogen-bond acceptors (Lipinski definition) is 9. The zero-order valence-electron chi connectivity index (χ0n) is 21.1. The lowest BCUT2D eigenvalue weighted by Crippen LogP contribution is -2.44. The van der Waals surface area contributed by atoms with Gasteiger partial charge in [0.2, 0.25) is 5.95 Å². The predicted octanol–water partition coefficient (Wildman–Crippen LogP) is 4.82. The van der Waals surface area contributed by atoms with Crippen molar-refractivity contribution in [3.63, 3.8) is 0 Å². The number of benzene rings is 2. The molecule has 9 heteroatoms. The van der Waals surface area contributed by atoms with Crippen molar-refractivity contribution in [2.45, 2.75) is 25.3 Å². The SMILES string of the molecule is CN1CCN(c2cccc(Nc3ncc(-c4nc5ccccc5s4)c(NC4CCC(CO)C4)n3)c2)CC1. The van der Waals surface area contributed by atoms with Crippen molar-refractivity contribution >= 4 is 44.7 Å². The molecule has 8 nitrogen and oxygen atoms in total. The molecule has 2 aliphatic rings. The molecule has 3 heterocycles. The standard InChI is InChI=1S/C28H33N7OS/c1-34-11-13-35(14-12-34)22-6-4-5-20(16-22)31-28-29-17-23(27-32-24-7-2-3-8-25(24)37-27)26(33-28)30-21-10-9-19(15-21)18-36/h2-8,16-17,19,21,36H,9-15,18H2,1H3,(H2,29,30,31,33). The topological polar surface area (TPSA) is 89.4 Å². The van der Waals surface area contributed by atoms with Crippen LogP contribution >= 0.6 is 11.3 Å². The number of aliphatic hydroxyl groups excluding tert-OH is 1. The number of nitrogens with zero attached hydrogens (tertiary/aromatic N) is 5. The Kier molecular flexibility index (Phi) is 6.91. The van der Waals surface area contributed by atoms with Crippen molar-refractivity contribution in [2.75, 3.05) is 55.4 Å². The van der Waals surface area contributed by atoms with Gasteiger partial charge in [-0.1, -0.05) is 18.2 Å². The molecule has 1 aliphatic heterocycles. The van der Waals surface area contributed by atoms with Crippen LogP contribution in [-0.2, 0) is 0 Å². The highest BCUT2D eigenvalue weighted by molar-refractivity contribution is 7.21. The third-order valence-corrected chi connectivity index (χ3v) is 8.49. The van der Waals surface area contributed by atoms with Crippen LogP contribution in [0, 0.1) is 5.92 Å². The second-order valence-corrected chi connectivity index (χ2v) is 11.1. The van der Waals surface area contributed by atoms with Gasteiger partial charge in [0.15, 0.2) is 0 Å². The molecule has 2 fully saturated rings. The number of piperazine rings is 1. The Morgan fingerprint density at radius 3 is 2.70 bits per heavy atom. The molecule has 2 aromatic carbocycles. The van der Waals surface area contributed by atoms with Crippen molar-refractivity contribution in [1.29, 1.82) is 0 Å². The molecule has 2 atom stereocenters. The van der Waals surface area contributed by atoms with Crippen LogP contribution in [0.25, 0.3) is 20.8 Å². The number of aromatic nitrogens is 3. The van der Waals surface area contributed by atoms with E-state index in [1.54, 1.807) is 11.3 Å².